The molecule has 1 aromatic heterocycles. The number of rotatable bonds is 6. The van der Waals surface area contributed by atoms with Gasteiger partial charge in [0.25, 0.3) is 0 Å². The van der Waals surface area contributed by atoms with Gasteiger partial charge >= 0.3 is 0 Å². The Kier molecular flexibility index (Phi) is 7.26. The van der Waals surface area contributed by atoms with E-state index in [9.17, 15) is 0 Å². The van der Waals surface area contributed by atoms with Crippen molar-refractivity contribution in [2.45, 2.75) is 25.9 Å². The van der Waals surface area contributed by atoms with Crippen LogP contribution in [-0.4, -0.2) is 45.9 Å². The minimum absolute atomic E-state index is 0.113. The number of hydrogen-bond donors (Lipinski definition) is 1. The molecule has 4 aromatic rings. The maximum atomic E-state index is 6.38. The highest BCUT2D eigenvalue weighted by molar-refractivity contribution is 6.31. The van der Waals surface area contributed by atoms with Gasteiger partial charge in [0.2, 0.25) is 0 Å². The normalized spacial score (nSPS) is 16.0. The van der Waals surface area contributed by atoms with E-state index in [1.54, 1.807) is 0 Å². The molecule has 1 saturated heterocycles. The first-order chi connectivity index (χ1) is 17.0. The van der Waals surface area contributed by atoms with E-state index in [1.807, 2.05) is 42.5 Å². The van der Waals surface area contributed by atoms with Crippen molar-refractivity contribution in [1.29, 1.82) is 0 Å². The Labute approximate surface area is 217 Å². The van der Waals surface area contributed by atoms with Crippen LogP contribution >= 0.6 is 23.2 Å². The highest BCUT2D eigenvalue weighted by Crippen LogP contribution is 2.34. The number of H-pyrrole nitrogens is 1. The number of nitrogens with one attached hydrogen (secondary N) is 1. The van der Waals surface area contributed by atoms with Gasteiger partial charge in [-0.05, 0) is 49.2 Å². The summed E-state index contributed by atoms with van der Waals surface area (Å²) in [5.74, 6) is 0.936. The number of aryl methyl sites for hydroxylation is 1. The van der Waals surface area contributed by atoms with Gasteiger partial charge in [-0.25, -0.2) is 4.98 Å². The van der Waals surface area contributed by atoms with Gasteiger partial charge in [-0.2, -0.15) is 0 Å². The number of benzene rings is 3. The third-order valence-electron chi connectivity index (χ3n) is 6.96. The summed E-state index contributed by atoms with van der Waals surface area (Å²) in [5.41, 5.74) is 5.76. The van der Waals surface area contributed by atoms with Crippen molar-refractivity contribution in [3.63, 3.8) is 0 Å². The SMILES string of the molecule is Cc1[nH]c(-c2ccccc2)nc1C(C)N1CCN(C(c2cccc(Cl)c2)c2cccc(Cl)c2)CC1. The molecular weight excluding hydrogens is 475 g/mol. The maximum Gasteiger partial charge on any atom is 0.137 e. The Bertz CT molecular complexity index is 1230. The summed E-state index contributed by atoms with van der Waals surface area (Å²) in [6.07, 6.45) is 0. The molecule has 0 radical (unpaired) electrons. The van der Waals surface area contributed by atoms with Gasteiger partial charge in [0.1, 0.15) is 5.82 Å². The summed E-state index contributed by atoms with van der Waals surface area (Å²) in [6.45, 7) is 8.21. The van der Waals surface area contributed by atoms with Crippen LogP contribution in [0.4, 0.5) is 0 Å². The lowest BCUT2D eigenvalue weighted by atomic mass is 9.96. The summed E-state index contributed by atoms with van der Waals surface area (Å²) in [7, 11) is 0. The van der Waals surface area contributed by atoms with Gasteiger partial charge in [0.05, 0.1) is 17.8 Å². The molecule has 35 heavy (non-hydrogen) atoms. The lowest BCUT2D eigenvalue weighted by Gasteiger charge is -2.41. The Balaban J connectivity index is 1.34. The van der Waals surface area contributed by atoms with Crippen molar-refractivity contribution in [3.8, 4) is 11.4 Å². The number of imidazole rings is 1. The molecule has 0 aliphatic carbocycles. The van der Waals surface area contributed by atoms with Crippen molar-refractivity contribution in [2.75, 3.05) is 26.2 Å². The lowest BCUT2D eigenvalue weighted by Crippen LogP contribution is -2.48. The molecule has 5 rings (SSSR count). The second-order valence-electron chi connectivity index (χ2n) is 9.22. The molecule has 0 bridgehead atoms. The second-order valence-corrected chi connectivity index (χ2v) is 10.1. The number of piperazine rings is 1. The molecule has 0 saturated carbocycles. The fraction of sp³-hybridized carbons (Fsp3) is 0.276. The fourth-order valence-electron chi connectivity index (χ4n) is 5.14. The van der Waals surface area contributed by atoms with Crippen LogP contribution in [0.15, 0.2) is 78.9 Å². The highest BCUT2D eigenvalue weighted by Gasteiger charge is 2.30. The van der Waals surface area contributed by atoms with E-state index >= 15 is 0 Å². The van der Waals surface area contributed by atoms with E-state index in [0.717, 1.165) is 59.0 Å². The van der Waals surface area contributed by atoms with Crippen molar-refractivity contribution >= 4 is 23.2 Å². The van der Waals surface area contributed by atoms with Crippen LogP contribution in [0.1, 0.15) is 41.5 Å². The van der Waals surface area contributed by atoms with Crippen LogP contribution in [0.5, 0.6) is 0 Å². The zero-order valence-electron chi connectivity index (χ0n) is 20.1. The van der Waals surface area contributed by atoms with Gasteiger partial charge in [-0.3, -0.25) is 9.80 Å². The molecule has 3 aromatic carbocycles. The summed E-state index contributed by atoms with van der Waals surface area (Å²) >= 11 is 12.8. The second kappa shape index (κ2) is 10.5. The number of halogens is 2. The average Bonchev–Trinajstić information content (AvgIpc) is 3.26. The molecule has 1 aliphatic rings. The Hall–Kier alpha value is -2.63. The molecule has 1 atom stereocenters. The average molecular weight is 505 g/mol. The van der Waals surface area contributed by atoms with Gasteiger partial charge in [0.15, 0.2) is 0 Å². The number of hydrogen-bond acceptors (Lipinski definition) is 3. The topological polar surface area (TPSA) is 35.2 Å². The molecule has 2 heterocycles. The van der Waals surface area contributed by atoms with E-state index in [-0.39, 0.29) is 12.1 Å². The molecular formula is C29H30Cl2N4. The number of aromatic amines is 1. The van der Waals surface area contributed by atoms with E-state index in [0.29, 0.717) is 0 Å². The standard InChI is InChI=1S/C29H30Cl2N4/c1-20-27(33-29(32-20)22-8-4-3-5-9-22)21(2)34-14-16-35(17-15-34)28(23-10-6-12-25(30)18-23)24-11-7-13-26(31)19-24/h3-13,18-19,21,28H,14-17H2,1-2H3,(H,32,33). The number of aromatic nitrogens is 2. The molecule has 180 valence electrons. The van der Waals surface area contributed by atoms with Crippen molar-refractivity contribution < 1.29 is 0 Å². The Morgan fingerprint density at radius 1 is 0.771 bits per heavy atom. The largest absolute Gasteiger partial charge is 0.342 e. The van der Waals surface area contributed by atoms with E-state index in [4.69, 9.17) is 28.2 Å². The predicted molar refractivity (Wildman–Crippen MR) is 145 cm³/mol. The molecule has 0 amide bonds. The minimum atomic E-state index is 0.113. The van der Waals surface area contributed by atoms with E-state index in [1.165, 1.54) is 11.1 Å². The lowest BCUT2D eigenvalue weighted by molar-refractivity contribution is 0.0826. The molecule has 6 heteroatoms. The van der Waals surface area contributed by atoms with Crippen molar-refractivity contribution in [3.05, 3.63) is 111 Å². The van der Waals surface area contributed by atoms with Crippen LogP contribution in [0.3, 0.4) is 0 Å². The van der Waals surface area contributed by atoms with Crippen molar-refractivity contribution in [2.24, 2.45) is 0 Å². The first kappa shape index (κ1) is 24.1. The summed E-state index contributed by atoms with van der Waals surface area (Å²) in [4.78, 5) is 13.5. The predicted octanol–water partition coefficient (Wildman–Crippen LogP) is 7.16. The molecule has 4 nitrogen and oxygen atoms in total. The first-order valence-electron chi connectivity index (χ1n) is 12.1. The van der Waals surface area contributed by atoms with Gasteiger partial charge in [-0.15, -0.1) is 0 Å². The molecule has 1 unspecified atom stereocenters. The minimum Gasteiger partial charge on any atom is -0.342 e. The maximum absolute atomic E-state index is 6.38. The van der Waals surface area contributed by atoms with Gasteiger partial charge in [0, 0.05) is 47.5 Å². The monoisotopic (exact) mass is 504 g/mol. The van der Waals surface area contributed by atoms with Crippen LogP contribution < -0.4 is 0 Å². The highest BCUT2D eigenvalue weighted by atomic mass is 35.5. The molecule has 1 aliphatic heterocycles. The molecule has 0 spiro atoms. The van der Waals surface area contributed by atoms with Crippen LogP contribution in [-0.2, 0) is 0 Å². The van der Waals surface area contributed by atoms with E-state index < -0.39 is 0 Å². The third kappa shape index (κ3) is 5.31. The van der Waals surface area contributed by atoms with E-state index in [2.05, 4.69) is 65.0 Å². The van der Waals surface area contributed by atoms with Crippen LogP contribution in [0.25, 0.3) is 11.4 Å². The van der Waals surface area contributed by atoms with Gasteiger partial charge in [-0.1, -0.05) is 77.8 Å². The Morgan fingerprint density at radius 2 is 1.34 bits per heavy atom. The zero-order chi connectivity index (χ0) is 24.4. The smallest absolute Gasteiger partial charge is 0.137 e. The first-order valence-corrected chi connectivity index (χ1v) is 12.9. The van der Waals surface area contributed by atoms with Crippen LogP contribution in [0.2, 0.25) is 10.0 Å². The van der Waals surface area contributed by atoms with Crippen molar-refractivity contribution in [1.82, 2.24) is 19.8 Å². The van der Waals surface area contributed by atoms with Gasteiger partial charge < -0.3 is 4.98 Å². The quantitative estimate of drug-likeness (QED) is 0.302. The third-order valence-corrected chi connectivity index (χ3v) is 7.43. The zero-order valence-corrected chi connectivity index (χ0v) is 21.6. The molecule has 1 N–H and O–H groups in total. The summed E-state index contributed by atoms with van der Waals surface area (Å²) in [5, 5.41) is 1.51. The number of nitrogens with zero attached hydrogens (tertiary/aromatic N) is 3. The molecule has 1 fully saturated rings. The fourth-order valence-corrected chi connectivity index (χ4v) is 5.53. The Morgan fingerprint density at radius 3 is 1.91 bits per heavy atom. The summed E-state index contributed by atoms with van der Waals surface area (Å²) in [6, 6.07) is 27.0. The summed E-state index contributed by atoms with van der Waals surface area (Å²) < 4.78 is 0. The van der Waals surface area contributed by atoms with Crippen LogP contribution in [0, 0.1) is 6.92 Å².